The van der Waals surface area contributed by atoms with Gasteiger partial charge in [0.2, 0.25) is 0 Å². The number of aryl methyl sites for hydroxylation is 1. The molecule has 4 nitrogen and oxygen atoms in total. The second kappa shape index (κ2) is 6.38. The van der Waals surface area contributed by atoms with Crippen LogP contribution in [0.3, 0.4) is 0 Å². The van der Waals surface area contributed by atoms with Crippen LogP contribution in [0.2, 0.25) is 0 Å². The van der Waals surface area contributed by atoms with Crippen LogP contribution in [-0.2, 0) is 20.0 Å². The van der Waals surface area contributed by atoms with Crippen molar-refractivity contribution in [2.45, 2.75) is 25.9 Å². The molecule has 0 fully saturated rings. The first-order valence-corrected chi connectivity index (χ1v) is 6.51. The van der Waals surface area contributed by atoms with Gasteiger partial charge in [-0.15, -0.1) is 0 Å². The van der Waals surface area contributed by atoms with Crippen LogP contribution in [0.15, 0.2) is 36.7 Å². The molecule has 0 bridgehead atoms. The normalized spacial score (nSPS) is 12.4. The predicted octanol–water partition coefficient (Wildman–Crippen LogP) is 2.15. The zero-order chi connectivity index (χ0) is 13.7. The summed E-state index contributed by atoms with van der Waals surface area (Å²) in [6.07, 6.45) is 4.93. The average Bonchev–Trinajstić information content (AvgIpc) is 2.83. The summed E-state index contributed by atoms with van der Waals surface area (Å²) in [5.74, 6) is 0.903. The van der Waals surface area contributed by atoms with Gasteiger partial charge in [0.05, 0.1) is 13.3 Å². The van der Waals surface area contributed by atoms with Crippen molar-refractivity contribution < 1.29 is 4.74 Å². The molecule has 1 atom stereocenters. The Kier molecular flexibility index (Phi) is 4.58. The van der Waals surface area contributed by atoms with Crippen molar-refractivity contribution in [2.24, 2.45) is 7.05 Å². The van der Waals surface area contributed by atoms with Crippen LogP contribution in [0.5, 0.6) is 5.75 Å². The number of hydrogen-bond donors (Lipinski definition) is 1. The lowest BCUT2D eigenvalue weighted by Gasteiger charge is -2.13. The Hall–Kier alpha value is -1.81. The first-order chi connectivity index (χ1) is 9.17. The zero-order valence-electron chi connectivity index (χ0n) is 11.8. The summed E-state index contributed by atoms with van der Waals surface area (Å²) in [5, 5.41) is 7.67. The van der Waals surface area contributed by atoms with E-state index < -0.39 is 0 Å². The Morgan fingerprint density at radius 1 is 1.26 bits per heavy atom. The molecule has 0 aliphatic carbocycles. The highest BCUT2D eigenvalue weighted by molar-refractivity contribution is 5.27. The molecule has 1 aromatic heterocycles. The second-order valence-corrected chi connectivity index (χ2v) is 4.86. The number of ether oxygens (including phenoxy) is 1. The molecule has 4 heteroatoms. The van der Waals surface area contributed by atoms with Crippen LogP contribution in [0.4, 0.5) is 0 Å². The Balaban J connectivity index is 1.81. The third-order valence-electron chi connectivity index (χ3n) is 3.11. The highest BCUT2D eigenvalue weighted by Crippen LogP contribution is 2.12. The third-order valence-corrected chi connectivity index (χ3v) is 3.11. The maximum atomic E-state index is 5.16. The fraction of sp³-hybridized carbons (Fsp3) is 0.400. The van der Waals surface area contributed by atoms with E-state index in [-0.39, 0.29) is 0 Å². The Morgan fingerprint density at radius 3 is 2.58 bits per heavy atom. The molecule has 102 valence electrons. The topological polar surface area (TPSA) is 39.1 Å². The van der Waals surface area contributed by atoms with Crippen LogP contribution in [0.1, 0.15) is 18.1 Å². The Bertz CT molecular complexity index is 504. The van der Waals surface area contributed by atoms with E-state index >= 15 is 0 Å². The van der Waals surface area contributed by atoms with Crippen molar-refractivity contribution in [3.8, 4) is 5.75 Å². The lowest BCUT2D eigenvalue weighted by molar-refractivity contribution is 0.414. The minimum Gasteiger partial charge on any atom is -0.497 e. The molecular weight excluding hydrogens is 238 g/mol. The van der Waals surface area contributed by atoms with E-state index in [0.717, 1.165) is 18.7 Å². The van der Waals surface area contributed by atoms with E-state index in [1.54, 1.807) is 7.11 Å². The molecule has 0 amide bonds. The van der Waals surface area contributed by atoms with Crippen molar-refractivity contribution in [1.82, 2.24) is 15.1 Å². The van der Waals surface area contributed by atoms with E-state index in [1.165, 1.54) is 11.1 Å². The van der Waals surface area contributed by atoms with Gasteiger partial charge in [-0.1, -0.05) is 12.1 Å². The van der Waals surface area contributed by atoms with Crippen molar-refractivity contribution >= 4 is 0 Å². The summed E-state index contributed by atoms with van der Waals surface area (Å²) in [7, 11) is 3.62. The maximum Gasteiger partial charge on any atom is 0.118 e. The first kappa shape index (κ1) is 13.6. The molecule has 0 spiro atoms. The van der Waals surface area contributed by atoms with E-state index in [4.69, 9.17) is 4.74 Å². The highest BCUT2D eigenvalue weighted by Gasteiger charge is 2.04. The molecule has 1 heterocycles. The summed E-state index contributed by atoms with van der Waals surface area (Å²) >= 11 is 0. The van der Waals surface area contributed by atoms with E-state index in [1.807, 2.05) is 36.3 Å². The van der Waals surface area contributed by atoms with Crippen LogP contribution in [-0.4, -0.2) is 22.9 Å². The van der Waals surface area contributed by atoms with Gasteiger partial charge in [-0.05, 0) is 31.0 Å². The van der Waals surface area contributed by atoms with Gasteiger partial charge in [0.15, 0.2) is 0 Å². The Morgan fingerprint density at radius 2 is 2.00 bits per heavy atom. The molecule has 2 rings (SSSR count). The summed E-state index contributed by atoms with van der Waals surface area (Å²) in [4.78, 5) is 0. The number of hydrogen-bond acceptors (Lipinski definition) is 3. The van der Waals surface area contributed by atoms with Gasteiger partial charge in [0, 0.05) is 31.4 Å². The monoisotopic (exact) mass is 259 g/mol. The van der Waals surface area contributed by atoms with Crippen LogP contribution in [0, 0.1) is 0 Å². The second-order valence-electron chi connectivity index (χ2n) is 4.86. The molecule has 1 aromatic carbocycles. The average molecular weight is 259 g/mol. The van der Waals surface area contributed by atoms with E-state index in [2.05, 4.69) is 29.5 Å². The number of nitrogens with zero attached hydrogens (tertiary/aromatic N) is 2. The van der Waals surface area contributed by atoms with Crippen molar-refractivity contribution in [1.29, 1.82) is 0 Å². The van der Waals surface area contributed by atoms with E-state index in [0.29, 0.717) is 6.04 Å². The van der Waals surface area contributed by atoms with E-state index in [9.17, 15) is 0 Å². The summed E-state index contributed by atoms with van der Waals surface area (Å²) in [5.41, 5.74) is 2.52. The van der Waals surface area contributed by atoms with Crippen LogP contribution >= 0.6 is 0 Å². The third kappa shape index (κ3) is 4.10. The number of methoxy groups -OCH3 is 1. The number of rotatable bonds is 6. The van der Waals surface area contributed by atoms with Gasteiger partial charge in [-0.25, -0.2) is 0 Å². The zero-order valence-corrected chi connectivity index (χ0v) is 11.8. The predicted molar refractivity (Wildman–Crippen MR) is 76.2 cm³/mol. The number of benzene rings is 1. The molecule has 1 unspecified atom stereocenters. The molecule has 0 aliphatic heterocycles. The lowest BCUT2D eigenvalue weighted by atomic mass is 10.1. The summed E-state index contributed by atoms with van der Waals surface area (Å²) in [6.45, 7) is 3.05. The molecular formula is C15H21N3O. The molecule has 0 radical (unpaired) electrons. The fourth-order valence-electron chi connectivity index (χ4n) is 2.04. The fourth-order valence-corrected chi connectivity index (χ4v) is 2.04. The maximum absolute atomic E-state index is 5.16. The minimum atomic E-state index is 0.425. The molecule has 0 saturated heterocycles. The Labute approximate surface area is 114 Å². The SMILES string of the molecule is COc1ccc(CC(C)NCc2cnn(C)c2)cc1. The van der Waals surface area contributed by atoms with Gasteiger partial charge in [-0.2, -0.15) is 5.10 Å². The van der Waals surface area contributed by atoms with Gasteiger partial charge < -0.3 is 10.1 Å². The van der Waals surface area contributed by atoms with Crippen LogP contribution in [0.25, 0.3) is 0 Å². The van der Waals surface area contributed by atoms with Gasteiger partial charge in [-0.3, -0.25) is 4.68 Å². The molecule has 1 N–H and O–H groups in total. The molecule has 2 aromatic rings. The molecule has 19 heavy (non-hydrogen) atoms. The number of nitrogens with one attached hydrogen (secondary N) is 1. The minimum absolute atomic E-state index is 0.425. The quantitative estimate of drug-likeness (QED) is 0.864. The summed E-state index contributed by atoms with van der Waals surface area (Å²) < 4.78 is 6.98. The smallest absolute Gasteiger partial charge is 0.118 e. The summed E-state index contributed by atoms with van der Waals surface area (Å²) in [6, 6.07) is 8.66. The standard InChI is InChI=1S/C15H21N3O/c1-12(16-9-14-10-17-18(2)11-14)8-13-4-6-15(19-3)7-5-13/h4-7,10-12,16H,8-9H2,1-3H3. The largest absolute Gasteiger partial charge is 0.497 e. The first-order valence-electron chi connectivity index (χ1n) is 6.51. The molecule has 0 saturated carbocycles. The van der Waals surface area contributed by atoms with Crippen molar-refractivity contribution in [3.05, 3.63) is 47.8 Å². The van der Waals surface area contributed by atoms with Crippen molar-refractivity contribution in [2.75, 3.05) is 7.11 Å². The van der Waals surface area contributed by atoms with Gasteiger partial charge in [0.25, 0.3) is 0 Å². The van der Waals surface area contributed by atoms with Gasteiger partial charge in [0.1, 0.15) is 5.75 Å². The van der Waals surface area contributed by atoms with Crippen LogP contribution < -0.4 is 10.1 Å². The number of aromatic nitrogens is 2. The van der Waals surface area contributed by atoms with Crippen molar-refractivity contribution in [3.63, 3.8) is 0 Å². The lowest BCUT2D eigenvalue weighted by Crippen LogP contribution is -2.27. The van der Waals surface area contributed by atoms with Gasteiger partial charge >= 0.3 is 0 Å². The highest BCUT2D eigenvalue weighted by atomic mass is 16.5. The molecule has 0 aliphatic rings.